The van der Waals surface area contributed by atoms with Crippen LogP contribution < -0.4 is 0 Å². The Balaban J connectivity index is 0.000000637. The molecule has 0 radical (unpaired) electrons. The van der Waals surface area contributed by atoms with Crippen LogP contribution in [-0.4, -0.2) is 19.5 Å². The minimum atomic E-state index is 0.482. The Morgan fingerprint density at radius 1 is 1.21 bits per heavy atom. The average molecular weight is 275 g/mol. The summed E-state index contributed by atoms with van der Waals surface area (Å²) in [6, 6.07) is 3.86. The molecule has 4 nitrogen and oxygen atoms in total. The SMILES string of the molecule is CC.Cc1cn(-c2cccnc2)c2ncnc(Cl)c12. The molecule has 3 heterocycles. The van der Waals surface area contributed by atoms with E-state index in [4.69, 9.17) is 11.6 Å². The molecule has 0 bridgehead atoms. The Kier molecular flexibility index (Phi) is 4.12. The number of nitrogens with zero attached hydrogens (tertiary/aromatic N) is 4. The van der Waals surface area contributed by atoms with E-state index in [1.165, 1.54) is 6.33 Å². The van der Waals surface area contributed by atoms with Crippen LogP contribution in [0.3, 0.4) is 0 Å². The molecule has 0 atom stereocenters. The van der Waals surface area contributed by atoms with Gasteiger partial charge in [-0.1, -0.05) is 25.4 Å². The van der Waals surface area contributed by atoms with Crippen molar-refractivity contribution < 1.29 is 0 Å². The maximum Gasteiger partial charge on any atom is 0.149 e. The van der Waals surface area contributed by atoms with Gasteiger partial charge >= 0.3 is 0 Å². The third kappa shape index (κ3) is 2.44. The largest absolute Gasteiger partial charge is 0.299 e. The van der Waals surface area contributed by atoms with Crippen molar-refractivity contribution in [2.24, 2.45) is 0 Å². The summed E-state index contributed by atoms with van der Waals surface area (Å²) in [6.07, 6.45) is 6.98. The molecular formula is C14H15ClN4. The first-order chi connectivity index (χ1) is 9.27. The van der Waals surface area contributed by atoms with Gasteiger partial charge in [0.1, 0.15) is 17.1 Å². The second kappa shape index (κ2) is 5.80. The summed E-state index contributed by atoms with van der Waals surface area (Å²) in [4.78, 5) is 12.4. The van der Waals surface area contributed by atoms with Gasteiger partial charge in [-0.15, -0.1) is 0 Å². The normalized spacial score (nSPS) is 10.1. The molecule has 0 unspecified atom stereocenters. The molecule has 0 aromatic carbocycles. The van der Waals surface area contributed by atoms with Gasteiger partial charge < -0.3 is 0 Å². The van der Waals surface area contributed by atoms with E-state index >= 15 is 0 Å². The van der Waals surface area contributed by atoms with Crippen LogP contribution in [0.5, 0.6) is 0 Å². The van der Waals surface area contributed by atoms with E-state index in [1.807, 2.05) is 43.7 Å². The fourth-order valence-corrected chi connectivity index (χ4v) is 2.17. The molecule has 0 saturated carbocycles. The maximum absolute atomic E-state index is 6.08. The quantitative estimate of drug-likeness (QED) is 0.634. The number of hydrogen-bond acceptors (Lipinski definition) is 3. The molecule has 0 aliphatic carbocycles. The lowest BCUT2D eigenvalue weighted by atomic mass is 10.3. The van der Waals surface area contributed by atoms with E-state index in [2.05, 4.69) is 15.0 Å². The molecule has 0 saturated heterocycles. The summed E-state index contributed by atoms with van der Waals surface area (Å²) < 4.78 is 1.96. The summed E-state index contributed by atoms with van der Waals surface area (Å²) in [5.41, 5.74) is 2.81. The Hall–Kier alpha value is -1.94. The molecule has 5 heteroatoms. The molecule has 3 rings (SSSR count). The van der Waals surface area contributed by atoms with Gasteiger partial charge in [-0.05, 0) is 24.6 Å². The maximum atomic E-state index is 6.08. The van der Waals surface area contributed by atoms with Gasteiger partial charge in [-0.3, -0.25) is 9.55 Å². The van der Waals surface area contributed by atoms with E-state index < -0.39 is 0 Å². The molecule has 3 aromatic rings. The predicted octanol–water partition coefficient (Wildman–Crippen LogP) is 3.80. The second-order valence-corrected chi connectivity index (χ2v) is 4.11. The van der Waals surface area contributed by atoms with Gasteiger partial charge in [0, 0.05) is 12.4 Å². The highest BCUT2D eigenvalue weighted by molar-refractivity contribution is 6.34. The lowest BCUT2D eigenvalue weighted by Gasteiger charge is -2.02. The van der Waals surface area contributed by atoms with Gasteiger partial charge in [0.2, 0.25) is 0 Å². The zero-order valence-corrected chi connectivity index (χ0v) is 11.9. The van der Waals surface area contributed by atoms with Gasteiger partial charge in [0.05, 0.1) is 17.3 Å². The van der Waals surface area contributed by atoms with Crippen molar-refractivity contribution in [1.82, 2.24) is 19.5 Å². The van der Waals surface area contributed by atoms with E-state index in [-0.39, 0.29) is 0 Å². The highest BCUT2D eigenvalue weighted by Crippen LogP contribution is 2.26. The summed E-state index contributed by atoms with van der Waals surface area (Å²) in [5.74, 6) is 0. The minimum Gasteiger partial charge on any atom is -0.299 e. The first-order valence-corrected chi connectivity index (χ1v) is 6.54. The van der Waals surface area contributed by atoms with E-state index in [1.54, 1.807) is 12.4 Å². The lowest BCUT2D eigenvalue weighted by Crippen LogP contribution is -1.94. The number of fused-ring (bicyclic) bond motifs is 1. The highest BCUT2D eigenvalue weighted by atomic mass is 35.5. The zero-order valence-electron chi connectivity index (χ0n) is 11.1. The lowest BCUT2D eigenvalue weighted by molar-refractivity contribution is 1.05. The first-order valence-electron chi connectivity index (χ1n) is 6.16. The number of aryl methyl sites for hydroxylation is 1. The van der Waals surface area contributed by atoms with Gasteiger partial charge in [-0.2, -0.15) is 0 Å². The standard InChI is InChI=1S/C12H9ClN4.C2H6/c1-8-6-17(9-3-2-4-14-5-9)12-10(8)11(13)15-7-16-12;1-2/h2-7H,1H3;1-2H3. The molecule has 0 N–H and O–H groups in total. The molecule has 0 spiro atoms. The number of hydrogen-bond donors (Lipinski definition) is 0. The van der Waals surface area contributed by atoms with Crippen molar-refractivity contribution in [3.8, 4) is 5.69 Å². The van der Waals surface area contributed by atoms with Crippen LogP contribution in [0, 0.1) is 6.92 Å². The Morgan fingerprint density at radius 3 is 2.68 bits per heavy atom. The smallest absolute Gasteiger partial charge is 0.149 e. The molecular weight excluding hydrogens is 260 g/mol. The molecule has 0 aliphatic heterocycles. The van der Waals surface area contributed by atoms with Crippen LogP contribution in [0.4, 0.5) is 0 Å². The number of pyridine rings is 1. The molecule has 0 fully saturated rings. The van der Waals surface area contributed by atoms with Crippen molar-refractivity contribution in [2.45, 2.75) is 20.8 Å². The molecule has 0 aliphatic rings. The third-order valence-corrected chi connectivity index (χ3v) is 2.94. The first kappa shape index (κ1) is 13.5. The summed E-state index contributed by atoms with van der Waals surface area (Å²) >= 11 is 6.08. The number of rotatable bonds is 1. The van der Waals surface area contributed by atoms with Gasteiger partial charge in [0.25, 0.3) is 0 Å². The Bertz CT molecular complexity index is 676. The third-order valence-electron chi connectivity index (χ3n) is 2.65. The van der Waals surface area contributed by atoms with Gasteiger partial charge in [0.15, 0.2) is 0 Å². The van der Waals surface area contributed by atoms with Crippen LogP contribution in [0.15, 0.2) is 37.1 Å². The topological polar surface area (TPSA) is 43.6 Å². The van der Waals surface area contributed by atoms with E-state index in [9.17, 15) is 0 Å². The molecule has 19 heavy (non-hydrogen) atoms. The van der Waals surface area contributed by atoms with Crippen LogP contribution in [0.25, 0.3) is 16.7 Å². The van der Waals surface area contributed by atoms with Crippen molar-refractivity contribution in [1.29, 1.82) is 0 Å². The fraction of sp³-hybridized carbons (Fsp3) is 0.214. The monoisotopic (exact) mass is 274 g/mol. The Morgan fingerprint density at radius 2 is 2.00 bits per heavy atom. The van der Waals surface area contributed by atoms with Crippen molar-refractivity contribution in [3.05, 3.63) is 47.8 Å². The fourth-order valence-electron chi connectivity index (χ4n) is 1.89. The zero-order chi connectivity index (χ0) is 13.8. The molecule has 3 aromatic heterocycles. The van der Waals surface area contributed by atoms with Crippen molar-refractivity contribution >= 4 is 22.6 Å². The second-order valence-electron chi connectivity index (χ2n) is 3.76. The van der Waals surface area contributed by atoms with Crippen LogP contribution >= 0.6 is 11.6 Å². The van der Waals surface area contributed by atoms with E-state index in [0.717, 1.165) is 22.3 Å². The average Bonchev–Trinajstić information content (AvgIpc) is 2.81. The van der Waals surface area contributed by atoms with Crippen molar-refractivity contribution in [3.63, 3.8) is 0 Å². The molecule has 0 amide bonds. The Labute approximate surface area is 117 Å². The predicted molar refractivity (Wildman–Crippen MR) is 77.8 cm³/mol. The van der Waals surface area contributed by atoms with Crippen molar-refractivity contribution in [2.75, 3.05) is 0 Å². The summed E-state index contributed by atoms with van der Waals surface area (Å²) in [5, 5.41) is 1.37. The van der Waals surface area contributed by atoms with Crippen LogP contribution in [-0.2, 0) is 0 Å². The molecule has 98 valence electrons. The van der Waals surface area contributed by atoms with E-state index in [0.29, 0.717) is 5.15 Å². The van der Waals surface area contributed by atoms with Gasteiger partial charge in [-0.25, -0.2) is 9.97 Å². The minimum absolute atomic E-state index is 0.482. The van der Waals surface area contributed by atoms with Crippen LogP contribution in [0.2, 0.25) is 5.15 Å². The summed E-state index contributed by atoms with van der Waals surface area (Å²) in [6.45, 7) is 5.99. The highest BCUT2D eigenvalue weighted by Gasteiger charge is 2.11. The number of aromatic nitrogens is 4. The summed E-state index contributed by atoms with van der Waals surface area (Å²) in [7, 11) is 0. The van der Waals surface area contributed by atoms with Crippen LogP contribution in [0.1, 0.15) is 19.4 Å². The number of halogens is 1.